The highest BCUT2D eigenvalue weighted by molar-refractivity contribution is 14.1. The van der Waals surface area contributed by atoms with Gasteiger partial charge in [-0.2, -0.15) is 0 Å². The molecule has 0 bridgehead atoms. The average molecular weight is 261 g/mol. The van der Waals surface area contributed by atoms with Crippen molar-refractivity contribution in [1.82, 2.24) is 5.32 Å². The molecule has 0 spiro atoms. The maximum atomic E-state index is 3.13. The molecule has 60 valence electrons. The standard InChI is InChI=1S/C9H12IN/c1-11-7-6-8-2-4-9(10)5-3-8/h2-5,11H,6-7H2,1H3. The fraction of sp³-hybridized carbons (Fsp3) is 0.333. The van der Waals surface area contributed by atoms with Crippen molar-refractivity contribution in [2.45, 2.75) is 6.42 Å². The minimum Gasteiger partial charge on any atom is -0.319 e. The second-order valence-corrected chi connectivity index (χ2v) is 3.73. The predicted molar refractivity (Wildman–Crippen MR) is 56.8 cm³/mol. The summed E-state index contributed by atoms with van der Waals surface area (Å²) in [5, 5.41) is 3.13. The molecule has 0 radical (unpaired) electrons. The Morgan fingerprint density at radius 1 is 1.27 bits per heavy atom. The molecule has 1 aromatic carbocycles. The summed E-state index contributed by atoms with van der Waals surface area (Å²) in [5.41, 5.74) is 1.40. The number of nitrogens with one attached hydrogen (secondary N) is 1. The summed E-state index contributed by atoms with van der Waals surface area (Å²) < 4.78 is 1.30. The van der Waals surface area contributed by atoms with E-state index >= 15 is 0 Å². The molecule has 0 fully saturated rings. The molecule has 0 unspecified atom stereocenters. The number of hydrogen-bond donors (Lipinski definition) is 1. The van der Waals surface area contributed by atoms with Crippen LogP contribution in [0.25, 0.3) is 0 Å². The van der Waals surface area contributed by atoms with Gasteiger partial charge in [-0.1, -0.05) is 12.1 Å². The van der Waals surface area contributed by atoms with E-state index in [4.69, 9.17) is 0 Å². The first-order valence-corrected chi connectivity index (χ1v) is 4.80. The smallest absolute Gasteiger partial charge is 0.0130 e. The fourth-order valence-electron chi connectivity index (χ4n) is 0.920. The van der Waals surface area contributed by atoms with Gasteiger partial charge in [0.05, 0.1) is 0 Å². The summed E-state index contributed by atoms with van der Waals surface area (Å²) >= 11 is 2.32. The molecule has 0 saturated carbocycles. The minimum atomic E-state index is 1.06. The van der Waals surface area contributed by atoms with Crippen LogP contribution in [0.3, 0.4) is 0 Å². The Morgan fingerprint density at radius 3 is 2.45 bits per heavy atom. The van der Waals surface area contributed by atoms with Crippen LogP contribution in [0.4, 0.5) is 0 Å². The van der Waals surface area contributed by atoms with Gasteiger partial charge in [-0.25, -0.2) is 0 Å². The molecule has 1 rings (SSSR count). The minimum absolute atomic E-state index is 1.06. The second kappa shape index (κ2) is 4.72. The zero-order chi connectivity index (χ0) is 8.10. The van der Waals surface area contributed by atoms with E-state index in [1.165, 1.54) is 9.13 Å². The van der Waals surface area contributed by atoms with Crippen molar-refractivity contribution in [2.75, 3.05) is 13.6 Å². The van der Waals surface area contributed by atoms with Gasteiger partial charge in [0.15, 0.2) is 0 Å². The molecule has 0 atom stereocenters. The van der Waals surface area contributed by atoms with Gasteiger partial charge >= 0.3 is 0 Å². The SMILES string of the molecule is CNCCc1ccc(I)cc1. The van der Waals surface area contributed by atoms with Crippen LogP contribution in [-0.4, -0.2) is 13.6 Å². The second-order valence-electron chi connectivity index (χ2n) is 2.48. The molecule has 0 aliphatic rings. The van der Waals surface area contributed by atoms with Crippen LogP contribution in [0.15, 0.2) is 24.3 Å². The zero-order valence-corrected chi connectivity index (χ0v) is 8.76. The van der Waals surface area contributed by atoms with Crippen LogP contribution < -0.4 is 5.32 Å². The van der Waals surface area contributed by atoms with Gasteiger partial charge < -0.3 is 5.32 Å². The Morgan fingerprint density at radius 2 is 1.91 bits per heavy atom. The predicted octanol–water partition coefficient (Wildman–Crippen LogP) is 2.05. The summed E-state index contributed by atoms with van der Waals surface area (Å²) in [4.78, 5) is 0. The van der Waals surface area contributed by atoms with E-state index in [-0.39, 0.29) is 0 Å². The molecule has 0 amide bonds. The third kappa shape index (κ3) is 3.20. The van der Waals surface area contributed by atoms with E-state index in [1.807, 2.05) is 7.05 Å². The first kappa shape index (κ1) is 9.00. The molecule has 11 heavy (non-hydrogen) atoms. The van der Waals surface area contributed by atoms with Crippen molar-refractivity contribution in [2.24, 2.45) is 0 Å². The van der Waals surface area contributed by atoms with Gasteiger partial charge in [0.1, 0.15) is 0 Å². The molecule has 0 heterocycles. The van der Waals surface area contributed by atoms with Gasteiger partial charge in [-0.05, 0) is 60.3 Å². The number of benzene rings is 1. The molecule has 1 N–H and O–H groups in total. The highest BCUT2D eigenvalue weighted by Crippen LogP contribution is 2.06. The van der Waals surface area contributed by atoms with Gasteiger partial charge in [0.2, 0.25) is 0 Å². The average Bonchev–Trinajstić information content (AvgIpc) is 2.04. The Kier molecular flexibility index (Phi) is 3.86. The topological polar surface area (TPSA) is 12.0 Å². The number of likely N-dealkylation sites (N-methyl/N-ethyl adjacent to an activating group) is 1. The van der Waals surface area contributed by atoms with E-state index in [2.05, 4.69) is 52.2 Å². The van der Waals surface area contributed by atoms with Gasteiger partial charge in [-0.15, -0.1) is 0 Å². The largest absolute Gasteiger partial charge is 0.319 e. The van der Waals surface area contributed by atoms with Crippen LogP contribution in [0.1, 0.15) is 5.56 Å². The fourth-order valence-corrected chi connectivity index (χ4v) is 1.28. The Balaban J connectivity index is 2.52. The lowest BCUT2D eigenvalue weighted by Crippen LogP contribution is -2.10. The van der Waals surface area contributed by atoms with Crippen LogP contribution >= 0.6 is 22.6 Å². The highest BCUT2D eigenvalue weighted by atomic mass is 127. The van der Waals surface area contributed by atoms with Crippen LogP contribution in [0.2, 0.25) is 0 Å². The van der Waals surface area contributed by atoms with Crippen molar-refractivity contribution in [3.05, 3.63) is 33.4 Å². The lowest BCUT2D eigenvalue weighted by molar-refractivity contribution is 0.792. The van der Waals surface area contributed by atoms with Gasteiger partial charge in [0.25, 0.3) is 0 Å². The van der Waals surface area contributed by atoms with Crippen molar-refractivity contribution in [3.63, 3.8) is 0 Å². The van der Waals surface area contributed by atoms with Crippen LogP contribution in [-0.2, 0) is 6.42 Å². The molecular formula is C9H12IN. The van der Waals surface area contributed by atoms with Gasteiger partial charge in [0, 0.05) is 3.57 Å². The van der Waals surface area contributed by atoms with E-state index in [0.29, 0.717) is 0 Å². The maximum absolute atomic E-state index is 3.13. The van der Waals surface area contributed by atoms with Gasteiger partial charge in [-0.3, -0.25) is 0 Å². The number of halogens is 1. The molecule has 0 aliphatic carbocycles. The lowest BCUT2D eigenvalue weighted by atomic mass is 10.2. The normalized spacial score (nSPS) is 10.0. The highest BCUT2D eigenvalue weighted by Gasteiger charge is 1.90. The molecule has 2 heteroatoms. The van der Waals surface area contributed by atoms with Crippen molar-refractivity contribution < 1.29 is 0 Å². The zero-order valence-electron chi connectivity index (χ0n) is 6.60. The third-order valence-corrected chi connectivity index (χ3v) is 2.30. The molecule has 0 saturated heterocycles. The summed E-state index contributed by atoms with van der Waals surface area (Å²) in [6, 6.07) is 8.65. The van der Waals surface area contributed by atoms with Crippen LogP contribution in [0.5, 0.6) is 0 Å². The Hall–Kier alpha value is -0.0900. The summed E-state index contributed by atoms with van der Waals surface area (Å²) in [5.74, 6) is 0. The molecule has 1 aromatic rings. The summed E-state index contributed by atoms with van der Waals surface area (Å²) in [6.07, 6.45) is 1.12. The molecular weight excluding hydrogens is 249 g/mol. The van der Waals surface area contributed by atoms with Crippen molar-refractivity contribution in [3.8, 4) is 0 Å². The quantitative estimate of drug-likeness (QED) is 0.821. The first-order chi connectivity index (χ1) is 5.33. The number of hydrogen-bond acceptors (Lipinski definition) is 1. The monoisotopic (exact) mass is 261 g/mol. The third-order valence-electron chi connectivity index (χ3n) is 1.58. The van der Waals surface area contributed by atoms with Crippen LogP contribution in [0, 0.1) is 3.57 Å². The van der Waals surface area contributed by atoms with Crippen molar-refractivity contribution in [1.29, 1.82) is 0 Å². The molecule has 0 aliphatic heterocycles. The number of rotatable bonds is 3. The van der Waals surface area contributed by atoms with E-state index in [1.54, 1.807) is 0 Å². The molecule has 1 nitrogen and oxygen atoms in total. The Labute approximate surface area is 81.3 Å². The van der Waals surface area contributed by atoms with E-state index in [0.717, 1.165) is 13.0 Å². The lowest BCUT2D eigenvalue weighted by Gasteiger charge is -1.99. The summed E-state index contributed by atoms with van der Waals surface area (Å²) in [6.45, 7) is 1.06. The van der Waals surface area contributed by atoms with E-state index in [9.17, 15) is 0 Å². The molecule has 0 aromatic heterocycles. The van der Waals surface area contributed by atoms with E-state index < -0.39 is 0 Å². The summed E-state index contributed by atoms with van der Waals surface area (Å²) in [7, 11) is 1.98. The maximum Gasteiger partial charge on any atom is 0.0130 e. The van der Waals surface area contributed by atoms with Crippen molar-refractivity contribution >= 4 is 22.6 Å². The Bertz CT molecular complexity index is 205. The first-order valence-electron chi connectivity index (χ1n) is 3.72.